The summed E-state index contributed by atoms with van der Waals surface area (Å²) in [5.74, 6) is 0. The van der Waals surface area contributed by atoms with Crippen LogP contribution in [0.25, 0.3) is 0 Å². The van der Waals surface area contributed by atoms with Crippen LogP contribution in [0.1, 0.15) is 43.1 Å². The number of piperidine rings is 1. The molecule has 0 spiro atoms. The zero-order chi connectivity index (χ0) is 18.0. The molecule has 8 heteroatoms. The van der Waals surface area contributed by atoms with Crippen molar-refractivity contribution in [2.24, 2.45) is 0 Å². The zero-order valence-electron chi connectivity index (χ0n) is 15.3. The van der Waals surface area contributed by atoms with Gasteiger partial charge in [0.2, 0.25) is 10.0 Å². The minimum atomic E-state index is -3.45. The fourth-order valence-electron chi connectivity index (χ4n) is 3.45. The van der Waals surface area contributed by atoms with Crippen LogP contribution in [0.2, 0.25) is 0 Å². The van der Waals surface area contributed by atoms with E-state index in [1.807, 2.05) is 28.7 Å². The van der Waals surface area contributed by atoms with Crippen LogP contribution in [0.4, 0.5) is 0 Å². The van der Waals surface area contributed by atoms with Gasteiger partial charge in [0, 0.05) is 32.4 Å². The van der Waals surface area contributed by atoms with Gasteiger partial charge in [0.15, 0.2) is 0 Å². The summed E-state index contributed by atoms with van der Waals surface area (Å²) in [4.78, 5) is 0.388. The number of aryl methyl sites for hydroxylation is 4. The molecular weight excluding hydrogens is 338 g/mol. The van der Waals surface area contributed by atoms with Gasteiger partial charge in [0.25, 0.3) is 0 Å². The molecule has 1 aliphatic rings. The molecule has 0 N–H and O–H groups in total. The van der Waals surface area contributed by atoms with Crippen LogP contribution in [-0.4, -0.2) is 45.4 Å². The van der Waals surface area contributed by atoms with Gasteiger partial charge in [-0.05, 0) is 45.6 Å². The third-order valence-corrected chi connectivity index (χ3v) is 7.00. The van der Waals surface area contributed by atoms with Gasteiger partial charge in [-0.3, -0.25) is 9.36 Å². The zero-order valence-corrected chi connectivity index (χ0v) is 16.1. The van der Waals surface area contributed by atoms with Gasteiger partial charge < -0.3 is 0 Å². The summed E-state index contributed by atoms with van der Waals surface area (Å²) in [6, 6.07) is 0. The van der Waals surface area contributed by atoms with Gasteiger partial charge in [0.05, 0.1) is 17.6 Å². The molecule has 7 nitrogen and oxygen atoms in total. The minimum Gasteiger partial charge on any atom is -0.273 e. The molecule has 0 saturated carbocycles. The Morgan fingerprint density at radius 2 is 1.88 bits per heavy atom. The number of aromatic nitrogens is 4. The van der Waals surface area contributed by atoms with Crippen molar-refractivity contribution in [1.82, 2.24) is 23.9 Å². The number of sulfonamides is 1. The maximum absolute atomic E-state index is 13.0. The van der Waals surface area contributed by atoms with E-state index < -0.39 is 10.0 Å². The lowest BCUT2D eigenvalue weighted by atomic mass is 10.2. The van der Waals surface area contributed by atoms with E-state index in [1.54, 1.807) is 11.2 Å². The van der Waals surface area contributed by atoms with Crippen molar-refractivity contribution >= 4 is 10.0 Å². The summed E-state index contributed by atoms with van der Waals surface area (Å²) in [6.07, 6.45) is 7.65. The van der Waals surface area contributed by atoms with Crippen LogP contribution in [0.5, 0.6) is 0 Å². The third-order valence-electron chi connectivity index (χ3n) is 4.85. The molecule has 2 aromatic rings. The Balaban J connectivity index is 1.80. The SMILES string of the molecule is CCn1cc(CCn2nc(C)c(S(=O)(=O)N3CCCCC3)c2C)cn1. The standard InChI is InChI=1S/C17H27N5O2S/c1-4-20-13-16(12-18-20)8-11-22-15(3)17(14(2)19-22)25(23,24)21-9-6-5-7-10-21/h12-13H,4-11H2,1-3H3. The first kappa shape index (κ1) is 18.1. The van der Waals surface area contributed by atoms with Gasteiger partial charge in [-0.15, -0.1) is 0 Å². The Bertz CT molecular complexity index is 831. The molecular formula is C17H27N5O2S. The first-order valence-corrected chi connectivity index (χ1v) is 10.4. The number of nitrogens with zero attached hydrogens (tertiary/aromatic N) is 5. The van der Waals surface area contributed by atoms with Crippen molar-refractivity contribution in [1.29, 1.82) is 0 Å². The highest BCUT2D eigenvalue weighted by atomic mass is 32.2. The summed E-state index contributed by atoms with van der Waals surface area (Å²) in [6.45, 7) is 8.41. The Labute approximate surface area is 149 Å². The molecule has 1 fully saturated rings. The second-order valence-electron chi connectivity index (χ2n) is 6.64. The summed E-state index contributed by atoms with van der Waals surface area (Å²) >= 11 is 0. The smallest absolute Gasteiger partial charge is 0.246 e. The van der Waals surface area contributed by atoms with Gasteiger partial charge in [0.1, 0.15) is 4.90 Å². The first-order valence-electron chi connectivity index (χ1n) is 8.99. The average molecular weight is 366 g/mol. The summed E-state index contributed by atoms with van der Waals surface area (Å²) in [7, 11) is -3.45. The van der Waals surface area contributed by atoms with Gasteiger partial charge in [-0.1, -0.05) is 6.42 Å². The highest BCUT2D eigenvalue weighted by molar-refractivity contribution is 7.89. The molecule has 3 rings (SSSR count). The molecule has 0 aliphatic carbocycles. The molecule has 0 aromatic carbocycles. The molecule has 25 heavy (non-hydrogen) atoms. The van der Waals surface area contributed by atoms with E-state index in [4.69, 9.17) is 0 Å². The second-order valence-corrected chi connectivity index (χ2v) is 8.52. The van der Waals surface area contributed by atoms with Crippen molar-refractivity contribution in [3.8, 4) is 0 Å². The van der Waals surface area contributed by atoms with Crippen LogP contribution in [0.15, 0.2) is 17.3 Å². The van der Waals surface area contributed by atoms with Gasteiger partial charge in [-0.25, -0.2) is 8.42 Å². The molecule has 0 amide bonds. The van der Waals surface area contributed by atoms with E-state index in [0.717, 1.165) is 43.5 Å². The summed E-state index contributed by atoms with van der Waals surface area (Å²) in [5.41, 5.74) is 2.45. The van der Waals surface area contributed by atoms with Crippen molar-refractivity contribution in [2.45, 2.75) is 64.4 Å². The van der Waals surface area contributed by atoms with E-state index >= 15 is 0 Å². The lowest BCUT2D eigenvalue weighted by molar-refractivity contribution is 0.346. The second kappa shape index (κ2) is 7.29. The molecule has 0 unspecified atom stereocenters. The van der Waals surface area contributed by atoms with Crippen LogP contribution < -0.4 is 0 Å². The van der Waals surface area contributed by atoms with Crippen molar-refractivity contribution in [3.05, 3.63) is 29.3 Å². The molecule has 3 heterocycles. The average Bonchev–Trinajstić information content (AvgIpc) is 3.18. The predicted octanol–water partition coefficient (Wildman–Crippen LogP) is 2.13. The van der Waals surface area contributed by atoms with E-state index in [1.165, 1.54) is 0 Å². The van der Waals surface area contributed by atoms with Crippen molar-refractivity contribution < 1.29 is 8.42 Å². The molecule has 0 radical (unpaired) electrons. The van der Waals surface area contributed by atoms with Gasteiger partial charge in [-0.2, -0.15) is 14.5 Å². The topological polar surface area (TPSA) is 73.0 Å². The Morgan fingerprint density at radius 3 is 2.52 bits per heavy atom. The van der Waals surface area contributed by atoms with Crippen molar-refractivity contribution in [3.63, 3.8) is 0 Å². The lowest BCUT2D eigenvalue weighted by Gasteiger charge is -2.26. The first-order chi connectivity index (χ1) is 11.9. The monoisotopic (exact) mass is 365 g/mol. The lowest BCUT2D eigenvalue weighted by Crippen LogP contribution is -2.36. The van der Waals surface area contributed by atoms with Gasteiger partial charge >= 0.3 is 0 Å². The molecule has 0 atom stereocenters. The minimum absolute atomic E-state index is 0.388. The van der Waals surface area contributed by atoms with Crippen LogP contribution >= 0.6 is 0 Å². The molecule has 138 valence electrons. The number of hydrogen-bond acceptors (Lipinski definition) is 4. The number of hydrogen-bond donors (Lipinski definition) is 0. The Hall–Kier alpha value is -1.67. The van der Waals surface area contributed by atoms with E-state index in [2.05, 4.69) is 17.1 Å². The third kappa shape index (κ3) is 3.64. The Morgan fingerprint density at radius 1 is 1.16 bits per heavy atom. The van der Waals surface area contributed by atoms with Crippen molar-refractivity contribution in [2.75, 3.05) is 13.1 Å². The molecule has 0 bridgehead atoms. The summed E-state index contributed by atoms with van der Waals surface area (Å²) < 4.78 is 31.4. The normalized spacial score (nSPS) is 16.4. The van der Waals surface area contributed by atoms with Crippen LogP contribution in [0, 0.1) is 13.8 Å². The maximum atomic E-state index is 13.0. The summed E-state index contributed by atoms with van der Waals surface area (Å²) in [5, 5.41) is 8.77. The predicted molar refractivity (Wildman–Crippen MR) is 95.9 cm³/mol. The number of rotatable bonds is 6. The quantitative estimate of drug-likeness (QED) is 0.786. The molecule has 2 aromatic heterocycles. The Kier molecular flexibility index (Phi) is 5.29. The van der Waals surface area contributed by atoms with E-state index in [-0.39, 0.29) is 0 Å². The van der Waals surface area contributed by atoms with E-state index in [0.29, 0.717) is 30.2 Å². The maximum Gasteiger partial charge on any atom is 0.246 e. The highest BCUT2D eigenvalue weighted by Gasteiger charge is 2.31. The van der Waals surface area contributed by atoms with Crippen LogP contribution in [-0.2, 0) is 29.5 Å². The highest BCUT2D eigenvalue weighted by Crippen LogP contribution is 2.26. The largest absolute Gasteiger partial charge is 0.273 e. The van der Waals surface area contributed by atoms with E-state index in [9.17, 15) is 8.42 Å². The molecule has 1 saturated heterocycles. The fourth-order valence-corrected chi connectivity index (χ4v) is 5.34. The molecule has 1 aliphatic heterocycles. The van der Waals surface area contributed by atoms with Crippen LogP contribution in [0.3, 0.4) is 0 Å². The fraction of sp³-hybridized carbons (Fsp3) is 0.647.